The lowest BCUT2D eigenvalue weighted by molar-refractivity contribution is 0.160. The van der Waals surface area contributed by atoms with E-state index < -0.39 is 0 Å². The van der Waals surface area contributed by atoms with E-state index in [0.717, 1.165) is 24.5 Å². The largest absolute Gasteiger partial charge is 0.374 e. The second kappa shape index (κ2) is 7.09. The van der Waals surface area contributed by atoms with Crippen LogP contribution in [0.1, 0.15) is 38.2 Å². The SMILES string of the molecule is C[C@@H]1CCCCN1CCCNc1snc(Cl)c1C#N. The molecule has 6 heteroatoms. The summed E-state index contributed by atoms with van der Waals surface area (Å²) in [5.41, 5.74) is 0.470. The van der Waals surface area contributed by atoms with E-state index in [-0.39, 0.29) is 0 Å². The third-order valence-electron chi connectivity index (χ3n) is 3.61. The maximum Gasteiger partial charge on any atom is 0.162 e. The molecule has 0 radical (unpaired) electrons. The summed E-state index contributed by atoms with van der Waals surface area (Å²) in [6.45, 7) is 5.50. The fourth-order valence-corrected chi connectivity index (χ4v) is 3.42. The van der Waals surface area contributed by atoms with Gasteiger partial charge in [0.25, 0.3) is 0 Å². The van der Waals surface area contributed by atoms with Gasteiger partial charge in [0.1, 0.15) is 16.6 Å². The zero-order chi connectivity index (χ0) is 13.7. The lowest BCUT2D eigenvalue weighted by Gasteiger charge is -2.33. The quantitative estimate of drug-likeness (QED) is 0.847. The van der Waals surface area contributed by atoms with Gasteiger partial charge in [-0.2, -0.15) is 9.64 Å². The monoisotopic (exact) mass is 298 g/mol. The minimum Gasteiger partial charge on any atom is -0.374 e. The molecular weight excluding hydrogens is 280 g/mol. The van der Waals surface area contributed by atoms with Gasteiger partial charge < -0.3 is 10.2 Å². The lowest BCUT2D eigenvalue weighted by Crippen LogP contribution is -2.38. The number of likely N-dealkylation sites (tertiary alicyclic amines) is 1. The Morgan fingerprint density at radius 2 is 2.42 bits per heavy atom. The van der Waals surface area contributed by atoms with Gasteiger partial charge in [-0.25, -0.2) is 0 Å². The summed E-state index contributed by atoms with van der Waals surface area (Å²) in [4.78, 5) is 2.55. The summed E-state index contributed by atoms with van der Waals surface area (Å²) in [7, 11) is 0. The van der Waals surface area contributed by atoms with Crippen LogP contribution in [-0.4, -0.2) is 34.9 Å². The van der Waals surface area contributed by atoms with Gasteiger partial charge in [-0.3, -0.25) is 0 Å². The number of nitrogens with one attached hydrogen (secondary N) is 1. The second-order valence-corrected chi connectivity index (χ2v) is 6.08. The third kappa shape index (κ3) is 3.82. The highest BCUT2D eigenvalue weighted by molar-refractivity contribution is 7.10. The minimum atomic E-state index is 0.305. The van der Waals surface area contributed by atoms with Gasteiger partial charge in [-0.15, -0.1) is 0 Å². The van der Waals surface area contributed by atoms with Gasteiger partial charge in [0.05, 0.1) is 0 Å². The Labute approximate surface area is 123 Å². The highest BCUT2D eigenvalue weighted by Gasteiger charge is 2.17. The number of aromatic nitrogens is 1. The molecular formula is C13H19ClN4S. The topological polar surface area (TPSA) is 52.0 Å². The van der Waals surface area contributed by atoms with Gasteiger partial charge in [0, 0.05) is 19.1 Å². The molecule has 0 amide bonds. The Morgan fingerprint density at radius 1 is 1.58 bits per heavy atom. The van der Waals surface area contributed by atoms with Gasteiger partial charge in [-0.05, 0) is 44.3 Å². The Hall–Kier alpha value is -0.830. The van der Waals surface area contributed by atoms with Crippen molar-refractivity contribution in [1.29, 1.82) is 5.26 Å². The van der Waals surface area contributed by atoms with Crippen molar-refractivity contribution in [2.24, 2.45) is 0 Å². The van der Waals surface area contributed by atoms with E-state index >= 15 is 0 Å². The van der Waals surface area contributed by atoms with Crippen molar-refractivity contribution < 1.29 is 0 Å². The number of piperidine rings is 1. The van der Waals surface area contributed by atoms with E-state index in [4.69, 9.17) is 16.9 Å². The van der Waals surface area contributed by atoms with E-state index in [9.17, 15) is 0 Å². The first-order valence-electron chi connectivity index (χ1n) is 6.75. The predicted molar refractivity (Wildman–Crippen MR) is 79.8 cm³/mol. The average Bonchev–Trinajstić information content (AvgIpc) is 2.77. The summed E-state index contributed by atoms with van der Waals surface area (Å²) in [5.74, 6) is 0. The van der Waals surface area contributed by atoms with Crippen molar-refractivity contribution in [2.45, 2.75) is 38.6 Å². The van der Waals surface area contributed by atoms with Crippen LogP contribution in [0, 0.1) is 11.3 Å². The minimum absolute atomic E-state index is 0.305. The molecule has 19 heavy (non-hydrogen) atoms. The molecule has 0 aliphatic carbocycles. The summed E-state index contributed by atoms with van der Waals surface area (Å²) < 4.78 is 3.98. The molecule has 2 rings (SSSR count). The van der Waals surface area contributed by atoms with Gasteiger partial charge >= 0.3 is 0 Å². The number of nitriles is 1. The lowest BCUT2D eigenvalue weighted by atomic mass is 10.0. The fraction of sp³-hybridized carbons (Fsp3) is 0.692. The van der Waals surface area contributed by atoms with Crippen LogP contribution in [0.15, 0.2) is 0 Å². The number of hydrogen-bond acceptors (Lipinski definition) is 5. The molecule has 0 saturated carbocycles. The molecule has 4 nitrogen and oxygen atoms in total. The summed E-state index contributed by atoms with van der Waals surface area (Å²) in [6, 6.07) is 2.79. The zero-order valence-electron chi connectivity index (χ0n) is 11.2. The number of nitrogens with zero attached hydrogens (tertiary/aromatic N) is 3. The molecule has 2 heterocycles. The van der Waals surface area contributed by atoms with Crippen LogP contribution in [0.3, 0.4) is 0 Å². The van der Waals surface area contributed by atoms with E-state index in [0.29, 0.717) is 16.8 Å². The zero-order valence-corrected chi connectivity index (χ0v) is 12.7. The molecule has 1 aliphatic rings. The van der Waals surface area contributed by atoms with Gasteiger partial charge in [-0.1, -0.05) is 18.0 Å². The summed E-state index contributed by atoms with van der Waals surface area (Å²) in [5, 5.41) is 13.3. The van der Waals surface area contributed by atoms with E-state index in [1.54, 1.807) is 0 Å². The second-order valence-electron chi connectivity index (χ2n) is 4.95. The Kier molecular flexibility index (Phi) is 5.44. The van der Waals surface area contributed by atoms with Crippen LogP contribution < -0.4 is 5.32 Å². The summed E-state index contributed by atoms with van der Waals surface area (Å²) >= 11 is 7.09. The normalized spacial score (nSPS) is 20.2. The molecule has 1 N–H and O–H groups in total. The Morgan fingerprint density at radius 3 is 3.16 bits per heavy atom. The molecule has 0 aromatic carbocycles. The van der Waals surface area contributed by atoms with Crippen molar-refractivity contribution in [3.8, 4) is 6.07 Å². The molecule has 1 fully saturated rings. The van der Waals surface area contributed by atoms with Crippen molar-refractivity contribution in [1.82, 2.24) is 9.27 Å². The van der Waals surface area contributed by atoms with Crippen LogP contribution in [0.4, 0.5) is 5.00 Å². The average molecular weight is 299 g/mol. The Balaban J connectivity index is 1.73. The molecule has 1 atom stereocenters. The number of rotatable bonds is 5. The maximum absolute atomic E-state index is 8.97. The maximum atomic E-state index is 8.97. The standard InChI is InChI=1S/C13H19ClN4S/c1-10-5-2-3-7-18(10)8-4-6-16-13-11(9-15)12(14)17-19-13/h10,16H,2-8H2,1H3/t10-/m1/s1. The number of hydrogen-bond donors (Lipinski definition) is 1. The van der Waals surface area contributed by atoms with Crippen molar-refractivity contribution in [2.75, 3.05) is 25.0 Å². The fourth-order valence-electron chi connectivity index (χ4n) is 2.46. The number of halogens is 1. The molecule has 1 saturated heterocycles. The van der Waals surface area contributed by atoms with E-state index in [2.05, 4.69) is 27.6 Å². The van der Waals surface area contributed by atoms with Crippen molar-refractivity contribution in [3.63, 3.8) is 0 Å². The highest BCUT2D eigenvalue weighted by atomic mass is 35.5. The first-order chi connectivity index (χ1) is 9.22. The van der Waals surface area contributed by atoms with Crippen LogP contribution in [0.25, 0.3) is 0 Å². The van der Waals surface area contributed by atoms with E-state index in [1.807, 2.05) is 0 Å². The molecule has 1 aromatic heterocycles. The number of anilines is 1. The highest BCUT2D eigenvalue weighted by Crippen LogP contribution is 2.27. The molecule has 0 spiro atoms. The Bertz CT molecular complexity index is 454. The van der Waals surface area contributed by atoms with Gasteiger partial charge in [0.15, 0.2) is 5.15 Å². The first kappa shape index (κ1) is 14.6. The van der Waals surface area contributed by atoms with Crippen LogP contribution in [0.2, 0.25) is 5.15 Å². The summed E-state index contributed by atoms with van der Waals surface area (Å²) in [6.07, 6.45) is 5.07. The molecule has 0 bridgehead atoms. The third-order valence-corrected chi connectivity index (χ3v) is 4.79. The molecule has 1 aliphatic heterocycles. The molecule has 0 unspecified atom stereocenters. The predicted octanol–water partition coefficient (Wildman–Crippen LogP) is 3.34. The molecule has 104 valence electrons. The van der Waals surface area contributed by atoms with Crippen LogP contribution in [0.5, 0.6) is 0 Å². The molecule has 1 aromatic rings. The van der Waals surface area contributed by atoms with Crippen LogP contribution >= 0.6 is 23.1 Å². The van der Waals surface area contributed by atoms with Crippen molar-refractivity contribution >= 4 is 28.1 Å². The van der Waals surface area contributed by atoms with Gasteiger partial charge in [0.2, 0.25) is 0 Å². The smallest absolute Gasteiger partial charge is 0.162 e. The van der Waals surface area contributed by atoms with Crippen LogP contribution in [-0.2, 0) is 0 Å². The first-order valence-corrected chi connectivity index (χ1v) is 7.90. The van der Waals surface area contributed by atoms with Crippen molar-refractivity contribution in [3.05, 3.63) is 10.7 Å². The van der Waals surface area contributed by atoms with E-state index in [1.165, 1.54) is 37.3 Å².